The van der Waals surface area contributed by atoms with Crippen molar-refractivity contribution in [3.05, 3.63) is 69.7 Å². The zero-order valence-corrected chi connectivity index (χ0v) is 17.3. The molecule has 0 saturated heterocycles. The van der Waals surface area contributed by atoms with E-state index in [0.29, 0.717) is 21.2 Å². The van der Waals surface area contributed by atoms with Crippen LogP contribution in [0.3, 0.4) is 0 Å². The molecular weight excluding hydrogens is 415 g/mol. The average Bonchev–Trinajstić information content (AvgIpc) is 3.09. The number of furan rings is 1. The second-order valence-electron chi connectivity index (χ2n) is 5.97. The highest BCUT2D eigenvalue weighted by Gasteiger charge is 2.33. The SMILES string of the molecule is CCOC(=O)c1c(-c2cccc(Cl)c2)oc(-c2cccc(Cl)c2)c1C(=O)OCC. The van der Waals surface area contributed by atoms with E-state index in [1.54, 1.807) is 62.4 Å². The Morgan fingerprint density at radius 1 is 0.793 bits per heavy atom. The van der Waals surface area contributed by atoms with Crippen molar-refractivity contribution in [2.45, 2.75) is 13.8 Å². The van der Waals surface area contributed by atoms with E-state index in [-0.39, 0.29) is 35.9 Å². The molecule has 0 atom stereocenters. The summed E-state index contributed by atoms with van der Waals surface area (Å²) in [6.45, 7) is 3.62. The minimum Gasteiger partial charge on any atom is -0.462 e. The Labute approximate surface area is 178 Å². The van der Waals surface area contributed by atoms with Gasteiger partial charge in [0.25, 0.3) is 0 Å². The van der Waals surface area contributed by atoms with Crippen LogP contribution in [0.4, 0.5) is 0 Å². The number of carbonyl (C=O) groups excluding carboxylic acids is 2. The maximum absolute atomic E-state index is 12.8. The topological polar surface area (TPSA) is 65.7 Å². The fourth-order valence-corrected chi connectivity index (χ4v) is 3.27. The van der Waals surface area contributed by atoms with Gasteiger partial charge < -0.3 is 13.9 Å². The third kappa shape index (κ3) is 4.47. The number of rotatable bonds is 6. The molecule has 5 nitrogen and oxygen atoms in total. The second kappa shape index (κ2) is 9.16. The second-order valence-corrected chi connectivity index (χ2v) is 6.84. The van der Waals surface area contributed by atoms with Crippen molar-refractivity contribution in [1.82, 2.24) is 0 Å². The normalized spacial score (nSPS) is 10.6. The molecule has 0 unspecified atom stereocenters. The molecule has 1 heterocycles. The molecular formula is C22H18Cl2O5. The third-order valence-corrected chi connectivity index (χ3v) is 4.51. The number of hydrogen-bond donors (Lipinski definition) is 0. The predicted octanol–water partition coefficient (Wildman–Crippen LogP) is 6.27. The quantitative estimate of drug-likeness (QED) is 0.429. The van der Waals surface area contributed by atoms with E-state index >= 15 is 0 Å². The van der Waals surface area contributed by atoms with Gasteiger partial charge in [0.15, 0.2) is 0 Å². The van der Waals surface area contributed by atoms with Gasteiger partial charge in [0.2, 0.25) is 0 Å². The lowest BCUT2D eigenvalue weighted by Gasteiger charge is -2.07. The monoisotopic (exact) mass is 432 g/mol. The number of benzene rings is 2. The van der Waals surface area contributed by atoms with Gasteiger partial charge in [0, 0.05) is 21.2 Å². The number of hydrogen-bond acceptors (Lipinski definition) is 5. The van der Waals surface area contributed by atoms with Crippen LogP contribution < -0.4 is 0 Å². The lowest BCUT2D eigenvalue weighted by molar-refractivity contribution is 0.0481. The third-order valence-electron chi connectivity index (χ3n) is 4.04. The first kappa shape index (κ1) is 21.0. The fraction of sp³-hybridized carbons (Fsp3) is 0.182. The zero-order valence-electron chi connectivity index (χ0n) is 15.8. The number of carbonyl (C=O) groups is 2. The van der Waals surface area contributed by atoms with Crippen molar-refractivity contribution >= 4 is 35.1 Å². The number of esters is 2. The maximum atomic E-state index is 12.8. The molecule has 1 aromatic heterocycles. The zero-order chi connectivity index (χ0) is 21.0. The number of ether oxygens (including phenoxy) is 2. The van der Waals surface area contributed by atoms with Crippen LogP contribution in [0.5, 0.6) is 0 Å². The lowest BCUT2D eigenvalue weighted by Crippen LogP contribution is -2.13. The largest absolute Gasteiger partial charge is 0.462 e. The van der Waals surface area contributed by atoms with Crippen molar-refractivity contribution < 1.29 is 23.5 Å². The first-order valence-electron chi connectivity index (χ1n) is 8.99. The van der Waals surface area contributed by atoms with Crippen molar-refractivity contribution in [3.63, 3.8) is 0 Å². The Bertz CT molecular complexity index is 973. The van der Waals surface area contributed by atoms with Gasteiger partial charge in [0.1, 0.15) is 22.6 Å². The van der Waals surface area contributed by atoms with Gasteiger partial charge in [-0.3, -0.25) is 0 Å². The molecule has 150 valence electrons. The Morgan fingerprint density at radius 3 is 1.55 bits per heavy atom. The fourth-order valence-electron chi connectivity index (χ4n) is 2.89. The molecule has 29 heavy (non-hydrogen) atoms. The average molecular weight is 433 g/mol. The molecule has 0 aliphatic carbocycles. The maximum Gasteiger partial charge on any atom is 0.342 e. The summed E-state index contributed by atoms with van der Waals surface area (Å²) in [7, 11) is 0. The highest BCUT2D eigenvalue weighted by Crippen LogP contribution is 2.39. The van der Waals surface area contributed by atoms with Crippen LogP contribution in [0.25, 0.3) is 22.6 Å². The molecule has 0 N–H and O–H groups in total. The lowest BCUT2D eigenvalue weighted by atomic mass is 10.0. The Balaban J connectivity index is 2.34. The number of halogens is 2. The van der Waals surface area contributed by atoms with E-state index in [1.807, 2.05) is 0 Å². The summed E-state index contributed by atoms with van der Waals surface area (Å²) in [6.07, 6.45) is 0. The van der Waals surface area contributed by atoms with Gasteiger partial charge in [-0.15, -0.1) is 0 Å². The van der Waals surface area contributed by atoms with Crippen molar-refractivity contribution in [3.8, 4) is 22.6 Å². The van der Waals surface area contributed by atoms with Crippen LogP contribution in [0.15, 0.2) is 52.9 Å². The molecule has 2 aromatic carbocycles. The van der Waals surface area contributed by atoms with E-state index < -0.39 is 11.9 Å². The van der Waals surface area contributed by atoms with Gasteiger partial charge in [-0.05, 0) is 38.1 Å². The van der Waals surface area contributed by atoms with Gasteiger partial charge in [-0.2, -0.15) is 0 Å². The van der Waals surface area contributed by atoms with Crippen LogP contribution in [0.2, 0.25) is 10.0 Å². The molecule has 0 aliphatic heterocycles. The molecule has 0 spiro atoms. The Hall–Kier alpha value is -2.76. The Morgan fingerprint density at radius 2 is 1.21 bits per heavy atom. The molecule has 0 saturated carbocycles. The van der Waals surface area contributed by atoms with Gasteiger partial charge in [-0.1, -0.05) is 47.5 Å². The molecule has 0 fully saturated rings. The molecule has 3 aromatic rings. The van der Waals surface area contributed by atoms with Crippen LogP contribution in [-0.2, 0) is 9.47 Å². The highest BCUT2D eigenvalue weighted by molar-refractivity contribution is 6.31. The summed E-state index contributed by atoms with van der Waals surface area (Å²) in [6, 6.07) is 13.6. The highest BCUT2D eigenvalue weighted by atomic mass is 35.5. The van der Waals surface area contributed by atoms with E-state index in [4.69, 9.17) is 37.1 Å². The summed E-state index contributed by atoms with van der Waals surface area (Å²) >= 11 is 12.2. The first-order valence-corrected chi connectivity index (χ1v) is 9.74. The molecule has 3 rings (SSSR count). The minimum atomic E-state index is -0.692. The molecule has 7 heteroatoms. The summed E-state index contributed by atoms with van der Waals surface area (Å²) in [5.74, 6) is -1.04. The minimum absolute atomic E-state index is 0.0115. The van der Waals surface area contributed by atoms with E-state index in [9.17, 15) is 9.59 Å². The van der Waals surface area contributed by atoms with Gasteiger partial charge in [-0.25, -0.2) is 9.59 Å². The summed E-state index contributed by atoms with van der Waals surface area (Å²) in [5, 5.41) is 0.909. The summed E-state index contributed by atoms with van der Waals surface area (Å²) < 4.78 is 16.4. The summed E-state index contributed by atoms with van der Waals surface area (Å²) in [4.78, 5) is 25.6. The van der Waals surface area contributed by atoms with Crippen molar-refractivity contribution in [2.24, 2.45) is 0 Å². The van der Waals surface area contributed by atoms with Crippen molar-refractivity contribution in [1.29, 1.82) is 0 Å². The van der Waals surface area contributed by atoms with Crippen molar-refractivity contribution in [2.75, 3.05) is 13.2 Å². The molecule has 0 radical (unpaired) electrons. The standard InChI is InChI=1S/C22H18Cl2O5/c1-3-27-21(25)17-18(22(26)28-4-2)20(14-8-6-10-16(24)12-14)29-19(17)13-7-5-9-15(23)11-13/h5-12H,3-4H2,1-2H3. The Kier molecular flexibility index (Phi) is 6.62. The molecule has 0 amide bonds. The molecule has 0 aliphatic rings. The molecule has 0 bridgehead atoms. The smallest absolute Gasteiger partial charge is 0.342 e. The predicted molar refractivity (Wildman–Crippen MR) is 112 cm³/mol. The van der Waals surface area contributed by atoms with E-state index in [2.05, 4.69) is 0 Å². The summed E-state index contributed by atoms with van der Waals surface area (Å²) in [5.41, 5.74) is 1.03. The van der Waals surface area contributed by atoms with E-state index in [1.165, 1.54) is 0 Å². The van der Waals surface area contributed by atoms with Crippen LogP contribution in [0, 0.1) is 0 Å². The van der Waals surface area contributed by atoms with Crippen LogP contribution in [0.1, 0.15) is 34.6 Å². The van der Waals surface area contributed by atoms with Crippen LogP contribution >= 0.6 is 23.2 Å². The van der Waals surface area contributed by atoms with Crippen LogP contribution in [-0.4, -0.2) is 25.2 Å². The van der Waals surface area contributed by atoms with E-state index in [0.717, 1.165) is 0 Å². The van der Waals surface area contributed by atoms with Gasteiger partial charge >= 0.3 is 11.9 Å². The first-order chi connectivity index (χ1) is 14.0. The van der Waals surface area contributed by atoms with Gasteiger partial charge in [0.05, 0.1) is 13.2 Å².